The molecule has 2 unspecified atom stereocenters. The maximum Gasteiger partial charge on any atom is 0.407 e. The molecule has 2 atom stereocenters. The van der Waals surface area contributed by atoms with Gasteiger partial charge in [-0.15, -0.1) is 11.3 Å². The molecule has 0 saturated heterocycles. The van der Waals surface area contributed by atoms with Crippen LogP contribution < -0.4 is 10.6 Å². The second kappa shape index (κ2) is 7.47. The van der Waals surface area contributed by atoms with E-state index in [-0.39, 0.29) is 12.1 Å². The second-order valence-electron chi connectivity index (χ2n) is 7.11. The van der Waals surface area contributed by atoms with Crippen molar-refractivity contribution in [1.29, 1.82) is 0 Å². The first-order valence-corrected chi connectivity index (χ1v) is 8.97. The van der Waals surface area contributed by atoms with E-state index >= 15 is 0 Å². The number of hydrogen-bond acceptors (Lipinski definition) is 4. The molecule has 0 bridgehead atoms. The molecule has 0 radical (unpaired) electrons. The molecule has 1 aliphatic carbocycles. The van der Waals surface area contributed by atoms with Crippen LogP contribution >= 0.6 is 11.3 Å². The van der Waals surface area contributed by atoms with Crippen LogP contribution in [0.4, 0.5) is 4.79 Å². The van der Waals surface area contributed by atoms with E-state index in [1.807, 2.05) is 20.8 Å². The fraction of sp³-hybridized carbons (Fsp3) is 0.706. The largest absolute Gasteiger partial charge is 0.444 e. The Morgan fingerprint density at radius 3 is 2.73 bits per heavy atom. The van der Waals surface area contributed by atoms with Crippen molar-refractivity contribution in [1.82, 2.24) is 10.6 Å². The number of aryl methyl sites for hydroxylation is 1. The minimum Gasteiger partial charge on any atom is -0.444 e. The maximum atomic E-state index is 11.9. The first kappa shape index (κ1) is 17.3. The van der Waals surface area contributed by atoms with Gasteiger partial charge in [-0.25, -0.2) is 4.79 Å². The van der Waals surface area contributed by atoms with E-state index in [2.05, 4.69) is 29.0 Å². The highest BCUT2D eigenvalue weighted by molar-refractivity contribution is 7.10. The third-order valence-corrected chi connectivity index (χ3v) is 4.94. The van der Waals surface area contributed by atoms with E-state index in [0.29, 0.717) is 6.04 Å². The summed E-state index contributed by atoms with van der Waals surface area (Å²) in [6.07, 6.45) is 4.03. The zero-order chi connectivity index (χ0) is 16.2. The van der Waals surface area contributed by atoms with Gasteiger partial charge in [0.25, 0.3) is 0 Å². The Morgan fingerprint density at radius 2 is 2.09 bits per heavy atom. The molecule has 124 valence electrons. The van der Waals surface area contributed by atoms with Crippen LogP contribution in [0.25, 0.3) is 0 Å². The van der Waals surface area contributed by atoms with Gasteiger partial charge >= 0.3 is 6.09 Å². The molecule has 2 rings (SSSR count). The molecule has 1 amide bonds. The molecule has 1 aromatic rings. The summed E-state index contributed by atoms with van der Waals surface area (Å²) < 4.78 is 5.34. The van der Waals surface area contributed by atoms with E-state index in [1.165, 1.54) is 16.9 Å². The Balaban J connectivity index is 1.77. The van der Waals surface area contributed by atoms with Gasteiger partial charge in [0.15, 0.2) is 0 Å². The average Bonchev–Trinajstić information content (AvgIpc) is 2.80. The van der Waals surface area contributed by atoms with E-state index < -0.39 is 5.60 Å². The molecule has 0 aromatic carbocycles. The van der Waals surface area contributed by atoms with Gasteiger partial charge in [0, 0.05) is 23.5 Å². The Hall–Kier alpha value is -1.07. The van der Waals surface area contributed by atoms with Crippen LogP contribution in [0.15, 0.2) is 11.4 Å². The van der Waals surface area contributed by atoms with Crippen molar-refractivity contribution in [3.8, 4) is 0 Å². The number of nitrogens with one attached hydrogen (secondary N) is 2. The minimum absolute atomic E-state index is 0.213. The van der Waals surface area contributed by atoms with Gasteiger partial charge < -0.3 is 15.4 Å². The average molecular weight is 324 g/mol. The molecule has 1 heterocycles. The number of thiophene rings is 1. The Bertz CT molecular complexity index is 493. The molecule has 0 spiro atoms. The molecule has 22 heavy (non-hydrogen) atoms. The lowest BCUT2D eigenvalue weighted by Crippen LogP contribution is -2.45. The van der Waals surface area contributed by atoms with Gasteiger partial charge in [0.1, 0.15) is 5.60 Å². The number of carbonyl (C=O) groups excluding carboxylic acids is 1. The van der Waals surface area contributed by atoms with E-state index in [4.69, 9.17) is 4.74 Å². The lowest BCUT2D eigenvalue weighted by molar-refractivity contribution is 0.0488. The second-order valence-corrected chi connectivity index (χ2v) is 8.12. The molecular weight excluding hydrogens is 296 g/mol. The topological polar surface area (TPSA) is 50.4 Å². The number of rotatable bonds is 4. The van der Waals surface area contributed by atoms with E-state index in [9.17, 15) is 4.79 Å². The molecular formula is C17H28N2O2S. The van der Waals surface area contributed by atoms with E-state index in [0.717, 1.165) is 25.8 Å². The van der Waals surface area contributed by atoms with Crippen molar-refractivity contribution in [3.05, 3.63) is 21.9 Å². The van der Waals surface area contributed by atoms with Gasteiger partial charge in [-0.3, -0.25) is 0 Å². The Morgan fingerprint density at radius 1 is 1.36 bits per heavy atom. The predicted molar refractivity (Wildman–Crippen MR) is 91.3 cm³/mol. The summed E-state index contributed by atoms with van der Waals surface area (Å²) in [4.78, 5) is 13.3. The zero-order valence-corrected chi connectivity index (χ0v) is 14.9. The van der Waals surface area contributed by atoms with Crippen LogP contribution in [0.3, 0.4) is 0 Å². The maximum absolute atomic E-state index is 11.9. The smallest absolute Gasteiger partial charge is 0.407 e. The van der Waals surface area contributed by atoms with Crippen LogP contribution in [0.1, 0.15) is 56.9 Å². The fourth-order valence-electron chi connectivity index (χ4n) is 2.80. The summed E-state index contributed by atoms with van der Waals surface area (Å²) >= 11 is 1.80. The van der Waals surface area contributed by atoms with Crippen molar-refractivity contribution in [2.45, 2.75) is 77.6 Å². The summed E-state index contributed by atoms with van der Waals surface area (Å²) in [7, 11) is 0. The summed E-state index contributed by atoms with van der Waals surface area (Å²) in [5.41, 5.74) is 0.921. The normalized spacial score (nSPS) is 22.4. The standard InChI is InChI=1S/C17H28N2O2S/c1-12-8-9-22-15(12)11-18-13-6-5-7-14(10-13)19-16(20)21-17(2,3)4/h8-9,13-14,18H,5-7,10-11H2,1-4H3,(H,19,20). The lowest BCUT2D eigenvalue weighted by Gasteiger charge is -2.31. The Kier molecular flexibility index (Phi) is 5.87. The molecule has 4 nitrogen and oxygen atoms in total. The predicted octanol–water partition coefficient (Wildman–Crippen LogP) is 3.98. The summed E-state index contributed by atoms with van der Waals surface area (Å²) in [5.74, 6) is 0. The van der Waals surface area contributed by atoms with Crippen LogP contribution in [-0.2, 0) is 11.3 Å². The summed E-state index contributed by atoms with van der Waals surface area (Å²) in [5, 5.41) is 8.78. The molecule has 5 heteroatoms. The van der Waals surface area contributed by atoms with Crippen LogP contribution in [0.5, 0.6) is 0 Å². The van der Waals surface area contributed by atoms with Gasteiger partial charge in [-0.2, -0.15) is 0 Å². The van der Waals surface area contributed by atoms with Gasteiger partial charge in [-0.1, -0.05) is 0 Å². The van der Waals surface area contributed by atoms with Crippen molar-refractivity contribution in [3.63, 3.8) is 0 Å². The fourth-order valence-corrected chi connectivity index (χ4v) is 3.66. The highest BCUT2D eigenvalue weighted by Crippen LogP contribution is 2.21. The van der Waals surface area contributed by atoms with Crippen LogP contribution in [0.2, 0.25) is 0 Å². The SMILES string of the molecule is Cc1ccsc1CNC1CCCC(NC(=O)OC(C)(C)C)C1. The molecule has 0 aliphatic heterocycles. The van der Waals surface area contributed by atoms with Crippen LogP contribution in [0, 0.1) is 6.92 Å². The molecule has 1 aliphatic rings. The number of ether oxygens (including phenoxy) is 1. The molecule has 1 fully saturated rings. The zero-order valence-electron chi connectivity index (χ0n) is 14.1. The summed E-state index contributed by atoms with van der Waals surface area (Å²) in [6.45, 7) is 8.75. The number of hydrogen-bond donors (Lipinski definition) is 2. The van der Waals surface area contributed by atoms with Crippen molar-refractivity contribution < 1.29 is 9.53 Å². The molecule has 1 saturated carbocycles. The van der Waals surface area contributed by atoms with Crippen molar-refractivity contribution >= 4 is 17.4 Å². The minimum atomic E-state index is -0.437. The van der Waals surface area contributed by atoms with Gasteiger partial charge in [0.2, 0.25) is 0 Å². The van der Waals surface area contributed by atoms with E-state index in [1.54, 1.807) is 11.3 Å². The van der Waals surface area contributed by atoms with Gasteiger partial charge in [0.05, 0.1) is 0 Å². The quantitative estimate of drug-likeness (QED) is 0.880. The van der Waals surface area contributed by atoms with Gasteiger partial charge in [-0.05, 0) is 70.4 Å². The first-order valence-electron chi connectivity index (χ1n) is 8.09. The Labute approximate surface area is 137 Å². The summed E-state index contributed by atoms with van der Waals surface area (Å²) in [6, 6.07) is 2.84. The number of alkyl carbamates (subject to hydrolysis) is 1. The van der Waals surface area contributed by atoms with Crippen LogP contribution in [-0.4, -0.2) is 23.8 Å². The molecule has 2 N–H and O–H groups in total. The highest BCUT2D eigenvalue weighted by Gasteiger charge is 2.25. The lowest BCUT2D eigenvalue weighted by atomic mass is 9.91. The van der Waals surface area contributed by atoms with Crippen molar-refractivity contribution in [2.24, 2.45) is 0 Å². The first-order chi connectivity index (χ1) is 10.3. The molecule has 1 aromatic heterocycles. The third-order valence-electron chi connectivity index (χ3n) is 3.91. The third kappa shape index (κ3) is 5.61. The number of carbonyl (C=O) groups is 1. The monoisotopic (exact) mass is 324 g/mol. The highest BCUT2D eigenvalue weighted by atomic mass is 32.1. The van der Waals surface area contributed by atoms with Crippen molar-refractivity contribution in [2.75, 3.05) is 0 Å². The number of amides is 1.